The smallest absolute Gasteiger partial charge is 0.239 e. The van der Waals surface area contributed by atoms with Gasteiger partial charge in [0.15, 0.2) is 0 Å². The van der Waals surface area contributed by atoms with Crippen molar-refractivity contribution in [2.45, 2.75) is 38.6 Å². The fourth-order valence-electron chi connectivity index (χ4n) is 1.72. The Labute approximate surface area is 132 Å². The molecule has 0 rings (SSSR count). The molecule has 8 nitrogen and oxygen atoms in total. The molecule has 0 aliphatic carbocycles. The van der Waals surface area contributed by atoms with E-state index in [9.17, 15) is 14.4 Å². The van der Waals surface area contributed by atoms with Crippen molar-refractivity contribution in [1.29, 1.82) is 0 Å². The van der Waals surface area contributed by atoms with Crippen LogP contribution in [0.1, 0.15) is 32.6 Å². The van der Waals surface area contributed by atoms with Crippen LogP contribution >= 0.6 is 0 Å². The van der Waals surface area contributed by atoms with Crippen LogP contribution in [0.25, 0.3) is 0 Å². The molecule has 0 saturated carbocycles. The van der Waals surface area contributed by atoms with Crippen molar-refractivity contribution in [3.05, 3.63) is 0 Å². The fraction of sp³-hybridized carbons (Fsp3) is 0.786. The highest BCUT2D eigenvalue weighted by molar-refractivity contribution is 5.85. The minimum atomic E-state index is -0.560. The molecule has 0 saturated heterocycles. The lowest BCUT2D eigenvalue weighted by atomic mass is 10.1. The lowest BCUT2D eigenvalue weighted by Gasteiger charge is -2.16. The van der Waals surface area contributed by atoms with E-state index in [0.29, 0.717) is 25.9 Å². The molecular formula is C14H29N5O3. The summed E-state index contributed by atoms with van der Waals surface area (Å²) in [6.07, 6.45) is 3.05. The van der Waals surface area contributed by atoms with Gasteiger partial charge in [0, 0.05) is 20.1 Å². The van der Waals surface area contributed by atoms with Gasteiger partial charge in [0.25, 0.3) is 0 Å². The maximum absolute atomic E-state index is 11.6. The summed E-state index contributed by atoms with van der Waals surface area (Å²) in [7, 11) is 1.52. The molecule has 22 heavy (non-hydrogen) atoms. The Balaban J connectivity index is 3.76. The van der Waals surface area contributed by atoms with Crippen LogP contribution in [0.5, 0.6) is 0 Å². The van der Waals surface area contributed by atoms with Gasteiger partial charge in [0.05, 0.1) is 19.1 Å². The van der Waals surface area contributed by atoms with Crippen molar-refractivity contribution < 1.29 is 14.4 Å². The van der Waals surface area contributed by atoms with Crippen molar-refractivity contribution >= 4 is 17.7 Å². The first-order valence-corrected chi connectivity index (χ1v) is 7.66. The Morgan fingerprint density at radius 1 is 1.14 bits per heavy atom. The number of nitrogens with two attached hydrogens (primary N) is 2. The van der Waals surface area contributed by atoms with Crippen molar-refractivity contribution in [3.63, 3.8) is 0 Å². The number of amides is 3. The van der Waals surface area contributed by atoms with E-state index in [-0.39, 0.29) is 30.8 Å². The van der Waals surface area contributed by atoms with Crippen molar-refractivity contribution in [3.8, 4) is 0 Å². The summed E-state index contributed by atoms with van der Waals surface area (Å²) in [4.78, 5) is 35.7. The molecule has 0 heterocycles. The zero-order valence-corrected chi connectivity index (χ0v) is 13.6. The maximum Gasteiger partial charge on any atom is 0.239 e. The first kappa shape index (κ1) is 20.3. The van der Waals surface area contributed by atoms with Gasteiger partial charge in [-0.2, -0.15) is 0 Å². The van der Waals surface area contributed by atoms with Gasteiger partial charge in [-0.3, -0.25) is 14.4 Å². The van der Waals surface area contributed by atoms with Gasteiger partial charge >= 0.3 is 0 Å². The van der Waals surface area contributed by atoms with E-state index in [0.717, 1.165) is 12.8 Å². The molecule has 0 bridgehead atoms. The number of unbranched alkanes of at least 4 members (excludes halogenated alkanes) is 1. The van der Waals surface area contributed by atoms with Crippen LogP contribution in [0.3, 0.4) is 0 Å². The monoisotopic (exact) mass is 315 g/mol. The quantitative estimate of drug-likeness (QED) is 0.346. The van der Waals surface area contributed by atoms with E-state index >= 15 is 0 Å². The molecule has 0 fully saturated rings. The Morgan fingerprint density at radius 3 is 2.36 bits per heavy atom. The summed E-state index contributed by atoms with van der Waals surface area (Å²) in [5.74, 6) is -0.709. The summed E-state index contributed by atoms with van der Waals surface area (Å²) >= 11 is 0. The third-order valence-corrected chi connectivity index (χ3v) is 3.16. The van der Waals surface area contributed by atoms with Crippen LogP contribution in [-0.2, 0) is 14.4 Å². The Bertz CT molecular complexity index is 362. The van der Waals surface area contributed by atoms with Crippen LogP contribution in [0.4, 0.5) is 0 Å². The number of hydrogen-bond acceptors (Lipinski definition) is 5. The molecular weight excluding hydrogens is 286 g/mol. The van der Waals surface area contributed by atoms with Gasteiger partial charge in [-0.15, -0.1) is 0 Å². The van der Waals surface area contributed by atoms with Gasteiger partial charge in [0.2, 0.25) is 17.7 Å². The molecule has 0 aliphatic rings. The lowest BCUT2D eigenvalue weighted by molar-refractivity contribution is -0.133. The van der Waals surface area contributed by atoms with Crippen LogP contribution in [-0.4, -0.2) is 61.9 Å². The van der Waals surface area contributed by atoms with Crippen molar-refractivity contribution in [1.82, 2.24) is 15.5 Å². The zero-order valence-electron chi connectivity index (χ0n) is 13.6. The molecule has 8 heteroatoms. The van der Waals surface area contributed by atoms with Gasteiger partial charge in [-0.25, -0.2) is 0 Å². The first-order chi connectivity index (χ1) is 10.4. The first-order valence-electron chi connectivity index (χ1n) is 7.66. The number of hydrogen-bond donors (Lipinski definition) is 4. The summed E-state index contributed by atoms with van der Waals surface area (Å²) < 4.78 is 0. The Morgan fingerprint density at radius 2 is 1.77 bits per heavy atom. The summed E-state index contributed by atoms with van der Waals surface area (Å²) in [5.41, 5.74) is 11.0. The zero-order chi connectivity index (χ0) is 17.0. The van der Waals surface area contributed by atoms with Crippen LogP contribution in [0.15, 0.2) is 0 Å². The Kier molecular flexibility index (Phi) is 11.0. The van der Waals surface area contributed by atoms with Gasteiger partial charge in [-0.1, -0.05) is 13.3 Å². The van der Waals surface area contributed by atoms with E-state index < -0.39 is 6.04 Å². The molecule has 0 aromatic heterocycles. The molecule has 0 radical (unpaired) electrons. The van der Waals surface area contributed by atoms with Crippen molar-refractivity contribution in [2.24, 2.45) is 11.5 Å². The summed E-state index contributed by atoms with van der Waals surface area (Å²) in [5, 5.41) is 5.45. The minimum Gasteiger partial charge on any atom is -0.355 e. The molecule has 0 spiro atoms. The number of likely N-dealkylation sites (N-methyl/N-ethyl adjacent to an activating group) is 1. The predicted octanol–water partition coefficient (Wildman–Crippen LogP) is -1.46. The maximum atomic E-state index is 11.6. The second-order valence-electron chi connectivity index (χ2n) is 5.20. The molecule has 0 aromatic rings. The topological polar surface area (TPSA) is 131 Å². The molecule has 0 aromatic carbocycles. The van der Waals surface area contributed by atoms with E-state index in [4.69, 9.17) is 11.5 Å². The molecule has 6 N–H and O–H groups in total. The molecule has 0 unspecified atom stereocenters. The molecule has 128 valence electrons. The van der Waals surface area contributed by atoms with Gasteiger partial charge < -0.3 is 27.0 Å². The second-order valence-corrected chi connectivity index (χ2v) is 5.20. The largest absolute Gasteiger partial charge is 0.355 e. The van der Waals surface area contributed by atoms with E-state index in [1.54, 1.807) is 0 Å². The molecule has 3 amide bonds. The van der Waals surface area contributed by atoms with Gasteiger partial charge in [-0.05, 0) is 19.3 Å². The van der Waals surface area contributed by atoms with E-state index in [1.807, 2.05) is 6.92 Å². The highest BCUT2D eigenvalue weighted by Gasteiger charge is 2.13. The van der Waals surface area contributed by atoms with Crippen LogP contribution in [0.2, 0.25) is 0 Å². The number of nitrogens with zero attached hydrogens (tertiary/aromatic N) is 1. The predicted molar refractivity (Wildman–Crippen MR) is 84.8 cm³/mol. The number of carbonyl (C=O) groups is 3. The van der Waals surface area contributed by atoms with Gasteiger partial charge in [0.1, 0.15) is 0 Å². The Hall–Kier alpha value is -1.67. The average Bonchev–Trinajstić information content (AvgIpc) is 2.50. The standard InChI is InChI=1S/C14H29N5O3/c1-3-4-7-18-14(22)11(16)6-5-8-17-12(20)10-19(2)13(21)9-15/h11H,3-10,15-16H2,1-2H3,(H,17,20)(H,18,22)/t11-/m1/s1. The summed E-state index contributed by atoms with van der Waals surface area (Å²) in [6.45, 7) is 2.96. The SMILES string of the molecule is CCCCNC(=O)[C@H](N)CCCNC(=O)CN(C)C(=O)CN. The molecule has 0 aliphatic heterocycles. The second kappa shape index (κ2) is 11.9. The normalized spacial score (nSPS) is 11.6. The minimum absolute atomic E-state index is 0.0282. The van der Waals surface area contributed by atoms with Crippen LogP contribution < -0.4 is 22.1 Å². The summed E-state index contributed by atoms with van der Waals surface area (Å²) in [6, 6.07) is -0.560. The number of carbonyl (C=O) groups excluding carboxylic acids is 3. The third kappa shape index (κ3) is 9.30. The highest BCUT2D eigenvalue weighted by atomic mass is 16.2. The van der Waals surface area contributed by atoms with Crippen LogP contribution in [0, 0.1) is 0 Å². The van der Waals surface area contributed by atoms with E-state index in [1.165, 1.54) is 11.9 Å². The number of nitrogens with one attached hydrogen (secondary N) is 2. The third-order valence-electron chi connectivity index (χ3n) is 3.16. The highest BCUT2D eigenvalue weighted by Crippen LogP contribution is 1.94. The number of rotatable bonds is 11. The average molecular weight is 315 g/mol. The van der Waals surface area contributed by atoms with Crippen molar-refractivity contribution in [2.75, 3.05) is 33.2 Å². The molecule has 1 atom stereocenters. The van der Waals surface area contributed by atoms with E-state index in [2.05, 4.69) is 10.6 Å². The fourth-order valence-corrected chi connectivity index (χ4v) is 1.72. The lowest BCUT2D eigenvalue weighted by Crippen LogP contribution is -2.42.